The summed E-state index contributed by atoms with van der Waals surface area (Å²) in [5.74, 6) is 1.26. The van der Waals surface area contributed by atoms with E-state index in [1.54, 1.807) is 0 Å². The topological polar surface area (TPSA) is 63.4 Å². The maximum absolute atomic E-state index is 11.4. The average Bonchev–Trinajstić information content (AvgIpc) is 2.57. The second-order valence-corrected chi connectivity index (χ2v) is 5.83. The summed E-state index contributed by atoms with van der Waals surface area (Å²) >= 11 is 4.12. The van der Waals surface area contributed by atoms with Gasteiger partial charge in [-0.3, -0.25) is 0 Å². The lowest BCUT2D eigenvalue weighted by molar-refractivity contribution is 0.332. The molecule has 0 aliphatic carbocycles. The minimum absolute atomic E-state index is 0.355. The molecule has 0 fully saturated rings. The molecule has 7 heteroatoms. The summed E-state index contributed by atoms with van der Waals surface area (Å²) in [6.45, 7) is 0.820. The molecule has 1 aliphatic rings. The maximum atomic E-state index is 11.4. The normalized spacial score (nSPS) is 17.7. The molecule has 0 N–H and O–H groups in total. The minimum Gasteiger partial charge on any atom is -0.361 e. The maximum Gasteiger partial charge on any atom is 0.211 e. The van der Waals surface area contributed by atoms with E-state index in [0.717, 1.165) is 17.0 Å². The summed E-state index contributed by atoms with van der Waals surface area (Å²) in [5, 5.41) is 3.86. The molecular weight excluding hydrogens is 236 g/mol. The Kier molecular flexibility index (Phi) is 2.78. The summed E-state index contributed by atoms with van der Waals surface area (Å²) in [6, 6.07) is 0. The first kappa shape index (κ1) is 11.0. The van der Waals surface area contributed by atoms with Crippen LogP contribution in [0.15, 0.2) is 4.52 Å². The van der Waals surface area contributed by atoms with Gasteiger partial charge in [-0.15, -0.1) is 0 Å². The largest absolute Gasteiger partial charge is 0.361 e. The lowest BCUT2D eigenvalue weighted by Gasteiger charge is -2.23. The Bertz CT molecular complexity index is 453. The van der Waals surface area contributed by atoms with Crippen LogP contribution in [-0.4, -0.2) is 30.7 Å². The van der Waals surface area contributed by atoms with Gasteiger partial charge in [-0.25, -0.2) is 8.42 Å². The second kappa shape index (κ2) is 3.80. The molecule has 84 valence electrons. The summed E-state index contributed by atoms with van der Waals surface area (Å²) in [7, 11) is -3.13. The van der Waals surface area contributed by atoms with Crippen LogP contribution in [0.25, 0.3) is 0 Å². The van der Waals surface area contributed by atoms with Gasteiger partial charge in [0.15, 0.2) is 0 Å². The summed E-state index contributed by atoms with van der Waals surface area (Å²) in [5.41, 5.74) is 1.61. The van der Waals surface area contributed by atoms with Crippen molar-refractivity contribution in [2.45, 2.75) is 18.7 Å². The molecule has 0 unspecified atom stereocenters. The SMILES string of the molecule is CS(=O)(=O)N1CCc2onc(CS)c2C1. The molecule has 2 heterocycles. The molecule has 5 nitrogen and oxygen atoms in total. The van der Waals surface area contributed by atoms with Crippen molar-refractivity contribution in [2.24, 2.45) is 0 Å². The number of fused-ring (bicyclic) bond motifs is 1. The number of hydrogen-bond donors (Lipinski definition) is 1. The van der Waals surface area contributed by atoms with Crippen molar-refractivity contribution in [3.63, 3.8) is 0 Å². The van der Waals surface area contributed by atoms with Gasteiger partial charge in [0.05, 0.1) is 11.9 Å². The van der Waals surface area contributed by atoms with Crippen LogP contribution in [0, 0.1) is 0 Å². The van der Waals surface area contributed by atoms with Crippen molar-refractivity contribution in [2.75, 3.05) is 12.8 Å². The van der Waals surface area contributed by atoms with E-state index in [0.29, 0.717) is 25.3 Å². The van der Waals surface area contributed by atoms with Crippen LogP contribution in [0.4, 0.5) is 0 Å². The molecule has 15 heavy (non-hydrogen) atoms. The zero-order valence-corrected chi connectivity index (χ0v) is 10.0. The Balaban J connectivity index is 2.32. The molecule has 0 radical (unpaired) electrons. The van der Waals surface area contributed by atoms with Crippen molar-refractivity contribution < 1.29 is 12.9 Å². The lowest BCUT2D eigenvalue weighted by atomic mass is 10.1. The Hall–Kier alpha value is -0.530. The third kappa shape index (κ3) is 2.04. The number of sulfonamides is 1. The van der Waals surface area contributed by atoms with Gasteiger partial charge in [0.2, 0.25) is 10.0 Å². The van der Waals surface area contributed by atoms with E-state index in [9.17, 15) is 8.42 Å². The smallest absolute Gasteiger partial charge is 0.211 e. The molecule has 0 saturated heterocycles. The Morgan fingerprint density at radius 2 is 2.33 bits per heavy atom. The van der Waals surface area contributed by atoms with E-state index in [1.807, 2.05) is 0 Å². The van der Waals surface area contributed by atoms with Crippen molar-refractivity contribution in [1.82, 2.24) is 9.46 Å². The number of aromatic nitrogens is 1. The Morgan fingerprint density at radius 3 is 2.93 bits per heavy atom. The molecule has 0 spiro atoms. The summed E-state index contributed by atoms with van der Waals surface area (Å²) < 4.78 is 29.3. The third-order valence-electron chi connectivity index (χ3n) is 2.49. The highest BCUT2D eigenvalue weighted by Gasteiger charge is 2.28. The highest BCUT2D eigenvalue weighted by molar-refractivity contribution is 7.88. The molecular formula is C8H12N2O3S2. The van der Waals surface area contributed by atoms with Gasteiger partial charge in [0.1, 0.15) is 5.76 Å². The summed E-state index contributed by atoms with van der Waals surface area (Å²) in [4.78, 5) is 0. The third-order valence-corrected chi connectivity index (χ3v) is 4.04. The van der Waals surface area contributed by atoms with Crippen LogP contribution < -0.4 is 0 Å². The van der Waals surface area contributed by atoms with Crippen molar-refractivity contribution in [3.05, 3.63) is 17.0 Å². The number of rotatable bonds is 2. The van der Waals surface area contributed by atoms with Crippen LogP contribution in [0.3, 0.4) is 0 Å². The number of hydrogen-bond acceptors (Lipinski definition) is 5. The predicted octanol–water partition coefficient (Wildman–Crippen LogP) is 0.422. The molecule has 2 rings (SSSR count). The van der Waals surface area contributed by atoms with Gasteiger partial charge in [-0.1, -0.05) is 5.16 Å². The molecule has 1 aromatic rings. The van der Waals surface area contributed by atoms with Crippen molar-refractivity contribution in [1.29, 1.82) is 0 Å². The fraction of sp³-hybridized carbons (Fsp3) is 0.625. The van der Waals surface area contributed by atoms with Gasteiger partial charge in [-0.05, 0) is 0 Å². The van der Waals surface area contributed by atoms with Gasteiger partial charge in [-0.2, -0.15) is 16.9 Å². The Morgan fingerprint density at radius 1 is 1.60 bits per heavy atom. The number of nitrogens with zero attached hydrogens (tertiary/aromatic N) is 2. The van der Waals surface area contributed by atoms with Gasteiger partial charge < -0.3 is 4.52 Å². The number of thiol groups is 1. The van der Waals surface area contributed by atoms with Gasteiger partial charge in [0.25, 0.3) is 0 Å². The lowest BCUT2D eigenvalue weighted by Crippen LogP contribution is -2.34. The van der Waals surface area contributed by atoms with E-state index in [1.165, 1.54) is 10.6 Å². The molecule has 0 saturated carbocycles. The fourth-order valence-electron chi connectivity index (χ4n) is 1.65. The average molecular weight is 248 g/mol. The van der Waals surface area contributed by atoms with E-state index >= 15 is 0 Å². The van der Waals surface area contributed by atoms with Crippen LogP contribution in [0.1, 0.15) is 17.0 Å². The highest BCUT2D eigenvalue weighted by Crippen LogP contribution is 2.24. The van der Waals surface area contributed by atoms with Crippen LogP contribution in [-0.2, 0) is 28.7 Å². The first-order valence-corrected chi connectivity index (χ1v) is 7.02. The summed E-state index contributed by atoms with van der Waals surface area (Å²) in [6.07, 6.45) is 1.80. The molecule has 1 aromatic heterocycles. The molecule has 0 aromatic carbocycles. The Labute approximate surface area is 93.9 Å². The minimum atomic E-state index is -3.13. The molecule has 0 atom stereocenters. The van der Waals surface area contributed by atoms with E-state index < -0.39 is 10.0 Å². The van der Waals surface area contributed by atoms with E-state index in [4.69, 9.17) is 4.52 Å². The molecule has 0 amide bonds. The predicted molar refractivity (Wildman–Crippen MR) is 58.2 cm³/mol. The zero-order chi connectivity index (χ0) is 11.1. The fourth-order valence-corrected chi connectivity index (χ4v) is 2.68. The van der Waals surface area contributed by atoms with Gasteiger partial charge >= 0.3 is 0 Å². The van der Waals surface area contributed by atoms with Crippen LogP contribution in [0.5, 0.6) is 0 Å². The first-order chi connectivity index (χ1) is 7.02. The second-order valence-electron chi connectivity index (χ2n) is 3.54. The molecule has 1 aliphatic heterocycles. The van der Waals surface area contributed by atoms with Crippen molar-refractivity contribution >= 4 is 22.7 Å². The van der Waals surface area contributed by atoms with E-state index in [2.05, 4.69) is 17.8 Å². The standard InChI is InChI=1S/C8H12N2O3S2/c1-15(11,12)10-3-2-8-6(4-10)7(5-14)9-13-8/h14H,2-5H2,1H3. The first-order valence-electron chi connectivity index (χ1n) is 4.54. The van der Waals surface area contributed by atoms with Crippen molar-refractivity contribution in [3.8, 4) is 0 Å². The molecule has 0 bridgehead atoms. The zero-order valence-electron chi connectivity index (χ0n) is 8.30. The van der Waals surface area contributed by atoms with Crippen LogP contribution in [0.2, 0.25) is 0 Å². The quantitative estimate of drug-likeness (QED) is 0.771. The van der Waals surface area contributed by atoms with Crippen LogP contribution >= 0.6 is 12.6 Å². The van der Waals surface area contributed by atoms with Gasteiger partial charge in [0, 0.05) is 30.8 Å². The monoisotopic (exact) mass is 248 g/mol. The van der Waals surface area contributed by atoms with E-state index in [-0.39, 0.29) is 0 Å². The highest BCUT2D eigenvalue weighted by atomic mass is 32.2.